The van der Waals surface area contributed by atoms with Gasteiger partial charge >= 0.3 is 6.03 Å². The van der Waals surface area contributed by atoms with E-state index in [1.165, 1.54) is 6.20 Å². The Bertz CT molecular complexity index is 753. The maximum absolute atomic E-state index is 12.3. The van der Waals surface area contributed by atoms with E-state index in [-0.39, 0.29) is 17.1 Å². The quantitative estimate of drug-likeness (QED) is 0.723. The monoisotopic (exact) mass is 330 g/mol. The summed E-state index contributed by atoms with van der Waals surface area (Å²) in [6.07, 6.45) is 2.39. The first-order chi connectivity index (χ1) is 11.7. The van der Waals surface area contributed by atoms with Crippen LogP contribution in [0, 0.1) is 0 Å². The molecule has 7 nitrogen and oxygen atoms in total. The molecule has 0 unspecified atom stereocenters. The third-order valence-corrected chi connectivity index (χ3v) is 4.08. The van der Waals surface area contributed by atoms with Crippen LogP contribution in [0.1, 0.15) is 6.42 Å². The Morgan fingerprint density at radius 3 is 2.88 bits per heavy atom. The summed E-state index contributed by atoms with van der Waals surface area (Å²) in [5.74, 6) is 0. The van der Waals surface area contributed by atoms with Crippen LogP contribution in [0.2, 0.25) is 0 Å². The van der Waals surface area contributed by atoms with Crippen molar-refractivity contribution in [1.82, 2.24) is 15.2 Å². The number of anilines is 1. The van der Waals surface area contributed by atoms with E-state index >= 15 is 0 Å². The minimum atomic E-state index is -0.363. The molecular weight excluding hydrogens is 308 g/mol. The predicted molar refractivity (Wildman–Crippen MR) is 93.5 cm³/mol. The van der Waals surface area contributed by atoms with Crippen molar-refractivity contribution in [2.45, 2.75) is 6.42 Å². The highest BCUT2D eigenvalue weighted by atomic mass is 16.5. The molecule has 1 aromatic carbocycles. The number of nitrogens with one attached hydrogen (secondary N) is 3. The summed E-state index contributed by atoms with van der Waals surface area (Å²) in [5, 5.41) is 5.96. The number of carbonyl (C=O) groups is 1. The molecule has 7 heteroatoms. The van der Waals surface area contributed by atoms with Crippen LogP contribution in [0.15, 0.2) is 35.3 Å². The van der Waals surface area contributed by atoms with Crippen molar-refractivity contribution < 1.29 is 9.53 Å². The predicted octanol–water partition coefficient (Wildman–Crippen LogP) is 1.37. The number of amides is 2. The fourth-order valence-electron chi connectivity index (χ4n) is 2.76. The van der Waals surface area contributed by atoms with Gasteiger partial charge in [-0.1, -0.05) is 12.1 Å². The molecule has 1 saturated heterocycles. The fraction of sp³-hybridized carbons (Fsp3) is 0.412. The van der Waals surface area contributed by atoms with Gasteiger partial charge in [-0.3, -0.25) is 9.69 Å². The summed E-state index contributed by atoms with van der Waals surface area (Å²) in [5.41, 5.74) is 0.811. The lowest BCUT2D eigenvalue weighted by molar-refractivity contribution is 0.0375. The average molecular weight is 330 g/mol. The maximum Gasteiger partial charge on any atom is 0.319 e. The van der Waals surface area contributed by atoms with Crippen LogP contribution in [0.25, 0.3) is 10.9 Å². The normalized spacial score (nSPS) is 15.3. The maximum atomic E-state index is 12.3. The minimum Gasteiger partial charge on any atom is -0.379 e. The van der Waals surface area contributed by atoms with Gasteiger partial charge in [-0.2, -0.15) is 0 Å². The highest BCUT2D eigenvalue weighted by Gasteiger charge is 2.10. The van der Waals surface area contributed by atoms with Crippen molar-refractivity contribution >= 4 is 22.6 Å². The number of rotatable bonds is 5. The summed E-state index contributed by atoms with van der Waals surface area (Å²) >= 11 is 0. The fourth-order valence-corrected chi connectivity index (χ4v) is 2.76. The number of morpholine rings is 1. The molecule has 2 amide bonds. The molecule has 128 valence electrons. The second-order valence-corrected chi connectivity index (χ2v) is 5.77. The molecule has 2 aromatic rings. The molecule has 24 heavy (non-hydrogen) atoms. The first-order valence-corrected chi connectivity index (χ1v) is 8.19. The van der Waals surface area contributed by atoms with E-state index in [0.29, 0.717) is 11.9 Å². The van der Waals surface area contributed by atoms with Crippen molar-refractivity contribution in [3.8, 4) is 0 Å². The number of nitrogens with zero attached hydrogens (tertiary/aromatic N) is 1. The summed E-state index contributed by atoms with van der Waals surface area (Å²) in [6.45, 7) is 4.93. The highest BCUT2D eigenvalue weighted by molar-refractivity contribution is 5.91. The zero-order chi connectivity index (χ0) is 16.8. The number of fused-ring (bicyclic) bond motifs is 1. The van der Waals surface area contributed by atoms with Crippen molar-refractivity contribution in [3.63, 3.8) is 0 Å². The van der Waals surface area contributed by atoms with Gasteiger partial charge in [0.1, 0.15) is 5.69 Å². The van der Waals surface area contributed by atoms with Gasteiger partial charge in [0.05, 0.1) is 13.2 Å². The molecule has 1 aliphatic heterocycles. The van der Waals surface area contributed by atoms with Gasteiger partial charge in [0.2, 0.25) is 5.43 Å². The molecule has 0 spiro atoms. The molecule has 0 atom stereocenters. The SMILES string of the molecule is O=C(NCCCN1CCOCC1)Nc1c[nH]c2ccccc2c1=O. The van der Waals surface area contributed by atoms with Crippen LogP contribution in [0.3, 0.4) is 0 Å². The minimum absolute atomic E-state index is 0.187. The number of urea groups is 1. The average Bonchev–Trinajstić information content (AvgIpc) is 2.62. The topological polar surface area (TPSA) is 86.5 Å². The molecule has 0 bridgehead atoms. The number of carbonyl (C=O) groups excluding carboxylic acids is 1. The lowest BCUT2D eigenvalue weighted by Crippen LogP contribution is -2.38. The Hall–Kier alpha value is -2.38. The van der Waals surface area contributed by atoms with Gasteiger partial charge in [0.25, 0.3) is 0 Å². The van der Waals surface area contributed by atoms with E-state index in [4.69, 9.17) is 4.74 Å². The molecule has 3 N–H and O–H groups in total. The van der Waals surface area contributed by atoms with Crippen LogP contribution in [-0.2, 0) is 4.74 Å². The molecule has 1 aromatic heterocycles. The van der Waals surface area contributed by atoms with E-state index < -0.39 is 0 Å². The zero-order valence-electron chi connectivity index (χ0n) is 13.5. The summed E-state index contributed by atoms with van der Waals surface area (Å²) in [4.78, 5) is 29.6. The number of H-pyrrole nitrogens is 1. The largest absolute Gasteiger partial charge is 0.379 e. The molecule has 1 aliphatic rings. The van der Waals surface area contributed by atoms with Crippen molar-refractivity contribution in [2.24, 2.45) is 0 Å². The Kier molecular flexibility index (Phi) is 5.45. The molecular formula is C17H22N4O3. The van der Waals surface area contributed by atoms with Crippen LogP contribution >= 0.6 is 0 Å². The second kappa shape index (κ2) is 7.94. The van der Waals surface area contributed by atoms with E-state index in [2.05, 4.69) is 20.5 Å². The standard InChI is InChI=1S/C17H22N4O3/c22-16-13-4-1-2-5-14(13)19-12-15(16)20-17(23)18-6-3-7-21-8-10-24-11-9-21/h1-2,4-5,12H,3,6-11H2,(H,19,22)(H2,18,20,23). The smallest absolute Gasteiger partial charge is 0.319 e. The summed E-state index contributed by atoms with van der Waals surface area (Å²) in [6, 6.07) is 6.85. The Balaban J connectivity index is 1.48. The third kappa shape index (κ3) is 4.12. The van der Waals surface area contributed by atoms with Crippen molar-refractivity contribution in [2.75, 3.05) is 44.7 Å². The number of pyridine rings is 1. The van der Waals surface area contributed by atoms with Crippen LogP contribution in [0.5, 0.6) is 0 Å². The van der Waals surface area contributed by atoms with Gasteiger partial charge < -0.3 is 20.4 Å². The molecule has 1 fully saturated rings. The van der Waals surface area contributed by atoms with Gasteiger partial charge in [-0.25, -0.2) is 4.79 Å². The van der Waals surface area contributed by atoms with E-state index in [0.717, 1.165) is 44.8 Å². The Labute approximate surface area is 140 Å². The first kappa shape index (κ1) is 16.5. The number of hydrogen-bond donors (Lipinski definition) is 3. The number of ether oxygens (including phenoxy) is 1. The molecule has 0 radical (unpaired) electrons. The Morgan fingerprint density at radius 2 is 2.04 bits per heavy atom. The van der Waals surface area contributed by atoms with Crippen molar-refractivity contribution in [1.29, 1.82) is 0 Å². The first-order valence-electron chi connectivity index (χ1n) is 8.19. The van der Waals surface area contributed by atoms with Crippen LogP contribution < -0.4 is 16.1 Å². The Morgan fingerprint density at radius 1 is 1.25 bits per heavy atom. The van der Waals surface area contributed by atoms with E-state index in [1.54, 1.807) is 12.1 Å². The number of benzene rings is 1. The molecule has 0 saturated carbocycles. The lowest BCUT2D eigenvalue weighted by atomic mass is 10.2. The van der Waals surface area contributed by atoms with Gasteiger partial charge in [-0.05, 0) is 25.1 Å². The number of aromatic nitrogens is 1. The van der Waals surface area contributed by atoms with E-state index in [1.807, 2.05) is 12.1 Å². The van der Waals surface area contributed by atoms with Gasteiger partial charge in [0.15, 0.2) is 0 Å². The van der Waals surface area contributed by atoms with Crippen LogP contribution in [-0.4, -0.2) is 55.3 Å². The zero-order valence-corrected chi connectivity index (χ0v) is 13.5. The van der Waals surface area contributed by atoms with E-state index in [9.17, 15) is 9.59 Å². The molecule has 3 rings (SSSR count). The second-order valence-electron chi connectivity index (χ2n) is 5.77. The van der Waals surface area contributed by atoms with Crippen LogP contribution in [0.4, 0.5) is 10.5 Å². The lowest BCUT2D eigenvalue weighted by Gasteiger charge is -2.26. The number of hydrogen-bond acceptors (Lipinski definition) is 4. The molecule has 2 heterocycles. The summed E-state index contributed by atoms with van der Waals surface area (Å²) < 4.78 is 5.30. The number of para-hydroxylation sites is 1. The summed E-state index contributed by atoms with van der Waals surface area (Å²) in [7, 11) is 0. The van der Waals surface area contributed by atoms with Gasteiger partial charge in [0, 0.05) is 36.7 Å². The third-order valence-electron chi connectivity index (χ3n) is 4.08. The number of aromatic amines is 1. The van der Waals surface area contributed by atoms with Crippen molar-refractivity contribution in [3.05, 3.63) is 40.7 Å². The highest BCUT2D eigenvalue weighted by Crippen LogP contribution is 2.09. The van der Waals surface area contributed by atoms with Gasteiger partial charge in [-0.15, -0.1) is 0 Å². The molecule has 0 aliphatic carbocycles.